The van der Waals surface area contributed by atoms with Crippen LogP contribution in [-0.4, -0.2) is 32.7 Å². The molecule has 0 atom stereocenters. The molecule has 0 spiro atoms. The Morgan fingerprint density at radius 3 is 2.45 bits per heavy atom. The summed E-state index contributed by atoms with van der Waals surface area (Å²) in [6, 6.07) is 7.80. The fourth-order valence-corrected chi connectivity index (χ4v) is 3.33. The van der Waals surface area contributed by atoms with Crippen molar-refractivity contribution in [2.45, 2.75) is 19.0 Å². The number of carbonyl (C=O) groups excluding carboxylic acids is 2. The molecule has 0 aliphatic heterocycles. The van der Waals surface area contributed by atoms with Gasteiger partial charge < -0.3 is 10.6 Å². The molecule has 2 amide bonds. The fraction of sp³-hybridized carbons (Fsp3) is 0.150. The SMILES string of the molecule is CC(=O)Nc1c(C)cccc1-c1nnc(SCC(=O)Nc2cc(F)cc(F)c2)[nH]c1=O. The number of aromatic nitrogens is 3. The Morgan fingerprint density at radius 1 is 1.10 bits per heavy atom. The Hall–Kier alpha value is -3.60. The normalized spacial score (nSPS) is 10.6. The highest BCUT2D eigenvalue weighted by molar-refractivity contribution is 7.99. The molecule has 11 heteroatoms. The number of anilines is 2. The zero-order valence-corrected chi connectivity index (χ0v) is 17.3. The summed E-state index contributed by atoms with van der Waals surface area (Å²) in [5, 5.41) is 13.0. The number of H-pyrrole nitrogens is 1. The molecule has 0 aliphatic rings. The Labute approximate surface area is 179 Å². The zero-order chi connectivity index (χ0) is 22.5. The quantitative estimate of drug-likeness (QED) is 0.502. The van der Waals surface area contributed by atoms with Gasteiger partial charge >= 0.3 is 0 Å². The summed E-state index contributed by atoms with van der Waals surface area (Å²) in [7, 11) is 0. The van der Waals surface area contributed by atoms with Gasteiger partial charge in [0.15, 0.2) is 10.9 Å². The molecule has 8 nitrogen and oxygen atoms in total. The van der Waals surface area contributed by atoms with Crippen LogP contribution in [0.25, 0.3) is 11.3 Å². The van der Waals surface area contributed by atoms with E-state index in [9.17, 15) is 23.2 Å². The van der Waals surface area contributed by atoms with Crippen LogP contribution in [-0.2, 0) is 9.59 Å². The molecule has 2 aromatic carbocycles. The summed E-state index contributed by atoms with van der Waals surface area (Å²) in [5.74, 6) is -2.65. The number of para-hydroxylation sites is 1. The third-order valence-electron chi connectivity index (χ3n) is 3.99. The molecule has 0 bridgehead atoms. The number of amides is 2. The molecule has 3 N–H and O–H groups in total. The minimum absolute atomic E-state index is 0.0106. The molecule has 160 valence electrons. The van der Waals surface area contributed by atoms with Gasteiger partial charge in [-0.05, 0) is 24.6 Å². The molecule has 0 aliphatic carbocycles. The Bertz CT molecular complexity index is 1200. The fourth-order valence-electron chi connectivity index (χ4n) is 2.73. The largest absolute Gasteiger partial charge is 0.325 e. The molecule has 31 heavy (non-hydrogen) atoms. The summed E-state index contributed by atoms with van der Waals surface area (Å²) in [4.78, 5) is 38.6. The third-order valence-corrected chi connectivity index (χ3v) is 4.86. The van der Waals surface area contributed by atoms with Gasteiger partial charge in [0.25, 0.3) is 5.56 Å². The Balaban J connectivity index is 1.73. The van der Waals surface area contributed by atoms with Crippen LogP contribution in [0.15, 0.2) is 46.3 Å². The van der Waals surface area contributed by atoms with E-state index < -0.39 is 23.1 Å². The molecule has 0 unspecified atom stereocenters. The van der Waals surface area contributed by atoms with Gasteiger partial charge in [0.1, 0.15) is 11.6 Å². The van der Waals surface area contributed by atoms with Gasteiger partial charge in [-0.15, -0.1) is 10.2 Å². The summed E-state index contributed by atoms with van der Waals surface area (Å²) in [6.07, 6.45) is 0. The van der Waals surface area contributed by atoms with Crippen molar-refractivity contribution in [1.82, 2.24) is 15.2 Å². The lowest BCUT2D eigenvalue weighted by atomic mass is 10.1. The van der Waals surface area contributed by atoms with Crippen LogP contribution in [0.3, 0.4) is 0 Å². The van der Waals surface area contributed by atoms with Crippen LogP contribution in [0.2, 0.25) is 0 Å². The van der Waals surface area contributed by atoms with Crippen LogP contribution in [0.5, 0.6) is 0 Å². The number of hydrogen-bond donors (Lipinski definition) is 3. The van der Waals surface area contributed by atoms with Gasteiger partial charge in [-0.3, -0.25) is 19.4 Å². The van der Waals surface area contributed by atoms with Crippen LogP contribution >= 0.6 is 11.8 Å². The predicted molar refractivity (Wildman–Crippen MR) is 113 cm³/mol. The van der Waals surface area contributed by atoms with Crippen molar-refractivity contribution in [3.63, 3.8) is 0 Å². The second-order valence-corrected chi connectivity index (χ2v) is 7.45. The van der Waals surface area contributed by atoms with Crippen molar-refractivity contribution >= 4 is 35.0 Å². The average molecular weight is 445 g/mol. The molecule has 1 aromatic heterocycles. The lowest BCUT2D eigenvalue weighted by Crippen LogP contribution is -2.18. The highest BCUT2D eigenvalue weighted by atomic mass is 32.2. The van der Waals surface area contributed by atoms with E-state index in [0.717, 1.165) is 29.5 Å². The lowest BCUT2D eigenvalue weighted by molar-refractivity contribution is -0.114. The maximum atomic E-state index is 13.2. The van der Waals surface area contributed by atoms with Crippen molar-refractivity contribution in [2.24, 2.45) is 0 Å². The number of benzene rings is 2. The van der Waals surface area contributed by atoms with Crippen LogP contribution in [0.1, 0.15) is 12.5 Å². The maximum absolute atomic E-state index is 13.2. The lowest BCUT2D eigenvalue weighted by Gasteiger charge is -2.11. The number of nitrogens with one attached hydrogen (secondary N) is 3. The number of hydrogen-bond acceptors (Lipinski definition) is 6. The summed E-state index contributed by atoms with van der Waals surface area (Å²) in [6.45, 7) is 3.14. The van der Waals surface area contributed by atoms with Crippen molar-refractivity contribution < 1.29 is 18.4 Å². The minimum Gasteiger partial charge on any atom is -0.325 e. The number of nitrogens with zero attached hydrogens (tertiary/aromatic N) is 2. The molecule has 3 aromatic rings. The summed E-state index contributed by atoms with van der Waals surface area (Å²) >= 11 is 0.894. The molecular formula is C20H17F2N5O3S. The van der Waals surface area contributed by atoms with Gasteiger partial charge in [-0.2, -0.15) is 0 Å². The average Bonchev–Trinajstić information content (AvgIpc) is 2.67. The maximum Gasteiger partial charge on any atom is 0.278 e. The van der Waals surface area contributed by atoms with Gasteiger partial charge in [0, 0.05) is 24.2 Å². The number of thioether (sulfide) groups is 1. The van der Waals surface area contributed by atoms with E-state index in [1.165, 1.54) is 6.92 Å². The van der Waals surface area contributed by atoms with Crippen molar-refractivity contribution in [2.75, 3.05) is 16.4 Å². The molecule has 0 saturated carbocycles. The smallest absolute Gasteiger partial charge is 0.278 e. The Morgan fingerprint density at radius 2 is 1.81 bits per heavy atom. The van der Waals surface area contributed by atoms with Gasteiger partial charge in [-0.1, -0.05) is 30.0 Å². The standard InChI is InChI=1S/C20H17F2N5O3S/c1-10-4-3-5-15(17(10)23-11(2)28)18-19(30)25-20(27-26-18)31-9-16(29)24-14-7-12(21)6-13(22)8-14/h3-8H,9H2,1-2H3,(H,23,28)(H,24,29)(H,25,27,30). The minimum atomic E-state index is -0.816. The second kappa shape index (κ2) is 9.47. The first-order valence-electron chi connectivity index (χ1n) is 8.96. The first kappa shape index (κ1) is 22.1. The van der Waals surface area contributed by atoms with E-state index in [4.69, 9.17) is 0 Å². The van der Waals surface area contributed by atoms with E-state index in [1.54, 1.807) is 25.1 Å². The first-order valence-corrected chi connectivity index (χ1v) is 9.95. The van der Waals surface area contributed by atoms with Crippen LogP contribution in [0.4, 0.5) is 20.2 Å². The van der Waals surface area contributed by atoms with Crippen molar-refractivity contribution in [3.8, 4) is 11.3 Å². The van der Waals surface area contributed by atoms with E-state index in [2.05, 4.69) is 25.8 Å². The molecule has 3 rings (SSSR count). The van der Waals surface area contributed by atoms with E-state index in [1.807, 2.05) is 0 Å². The van der Waals surface area contributed by atoms with Crippen LogP contribution in [0, 0.1) is 18.6 Å². The van der Waals surface area contributed by atoms with Crippen LogP contribution < -0.4 is 16.2 Å². The molecule has 0 radical (unpaired) electrons. The first-order chi connectivity index (χ1) is 14.7. The van der Waals surface area contributed by atoms with Gasteiger partial charge in [0.2, 0.25) is 11.8 Å². The molecule has 0 saturated heterocycles. The monoisotopic (exact) mass is 445 g/mol. The molecule has 1 heterocycles. The van der Waals surface area contributed by atoms with Crippen molar-refractivity contribution in [1.29, 1.82) is 0 Å². The molecule has 0 fully saturated rings. The summed E-state index contributed by atoms with van der Waals surface area (Å²) in [5.41, 5.74) is 1.04. The third kappa shape index (κ3) is 5.72. The highest BCUT2D eigenvalue weighted by Crippen LogP contribution is 2.27. The van der Waals surface area contributed by atoms with E-state index in [0.29, 0.717) is 17.3 Å². The van der Waals surface area contributed by atoms with E-state index >= 15 is 0 Å². The van der Waals surface area contributed by atoms with Gasteiger partial charge in [-0.25, -0.2) is 8.78 Å². The Kier molecular flexibility index (Phi) is 6.75. The highest BCUT2D eigenvalue weighted by Gasteiger charge is 2.15. The van der Waals surface area contributed by atoms with Gasteiger partial charge in [0.05, 0.1) is 11.4 Å². The van der Waals surface area contributed by atoms with Crippen molar-refractivity contribution in [3.05, 3.63) is 63.9 Å². The topological polar surface area (TPSA) is 117 Å². The zero-order valence-electron chi connectivity index (χ0n) is 16.5. The number of halogens is 2. The molecular weight excluding hydrogens is 428 g/mol. The predicted octanol–water partition coefficient (Wildman–Crippen LogP) is 3.11. The number of aromatic amines is 1. The number of aryl methyl sites for hydroxylation is 1. The second-order valence-electron chi connectivity index (χ2n) is 6.48. The summed E-state index contributed by atoms with van der Waals surface area (Å²) < 4.78 is 26.4. The van der Waals surface area contributed by atoms with E-state index in [-0.39, 0.29) is 28.2 Å². The number of rotatable bonds is 6. The number of carbonyl (C=O) groups is 2.